The van der Waals surface area contributed by atoms with Gasteiger partial charge in [-0.05, 0) is 48.9 Å². The van der Waals surface area contributed by atoms with Crippen molar-refractivity contribution in [1.82, 2.24) is 0 Å². The normalized spacial score (nSPS) is 11.4. The Balaban J connectivity index is 2.43. The van der Waals surface area contributed by atoms with Crippen molar-refractivity contribution in [3.05, 3.63) is 58.1 Å². The number of aryl methyl sites for hydroxylation is 1. The lowest BCUT2D eigenvalue weighted by atomic mass is 10.2. The standard InChI is InChI=1S/C14H13Cl2NO2S/c1-10-3-8-13(9-14(10)16)20(18,19)17(2)12-6-4-11(15)5-7-12/h3-9H,1-2H3. The average Bonchev–Trinajstić information content (AvgIpc) is 2.41. The highest BCUT2D eigenvalue weighted by Crippen LogP contribution is 2.26. The SMILES string of the molecule is Cc1ccc(S(=O)(=O)N(C)c2ccc(Cl)cc2)cc1Cl. The van der Waals surface area contributed by atoms with Gasteiger partial charge in [-0.25, -0.2) is 8.42 Å². The number of hydrogen-bond donors (Lipinski definition) is 0. The summed E-state index contributed by atoms with van der Waals surface area (Å²) in [5, 5.41) is 0.980. The van der Waals surface area contributed by atoms with E-state index in [1.807, 2.05) is 6.92 Å². The molecule has 0 saturated carbocycles. The largest absolute Gasteiger partial charge is 0.269 e. The first kappa shape index (κ1) is 15.2. The number of rotatable bonds is 3. The topological polar surface area (TPSA) is 37.4 Å². The van der Waals surface area contributed by atoms with E-state index in [4.69, 9.17) is 23.2 Å². The van der Waals surface area contributed by atoms with Crippen LogP contribution in [0.25, 0.3) is 0 Å². The summed E-state index contributed by atoms with van der Waals surface area (Å²) in [7, 11) is -2.15. The second-order valence-electron chi connectivity index (χ2n) is 4.36. The van der Waals surface area contributed by atoms with Gasteiger partial charge in [0.05, 0.1) is 10.6 Å². The minimum atomic E-state index is -3.64. The molecule has 0 N–H and O–H groups in total. The molecule has 2 rings (SSSR count). The molecule has 6 heteroatoms. The molecule has 0 unspecified atom stereocenters. The molecule has 2 aromatic carbocycles. The van der Waals surface area contributed by atoms with Crippen LogP contribution in [-0.4, -0.2) is 15.5 Å². The van der Waals surface area contributed by atoms with Gasteiger partial charge in [-0.2, -0.15) is 0 Å². The van der Waals surface area contributed by atoms with Gasteiger partial charge in [-0.3, -0.25) is 4.31 Å². The van der Waals surface area contributed by atoms with Gasteiger partial charge in [-0.1, -0.05) is 29.3 Å². The Hall–Kier alpha value is -1.23. The summed E-state index contributed by atoms with van der Waals surface area (Å²) >= 11 is 11.8. The van der Waals surface area contributed by atoms with E-state index in [2.05, 4.69) is 0 Å². The van der Waals surface area contributed by atoms with Gasteiger partial charge in [-0.15, -0.1) is 0 Å². The lowest BCUT2D eigenvalue weighted by Crippen LogP contribution is -2.26. The molecule has 20 heavy (non-hydrogen) atoms. The Morgan fingerprint density at radius 3 is 2.15 bits per heavy atom. The fourth-order valence-electron chi connectivity index (χ4n) is 1.68. The van der Waals surface area contributed by atoms with Gasteiger partial charge >= 0.3 is 0 Å². The van der Waals surface area contributed by atoms with Crippen molar-refractivity contribution in [3.63, 3.8) is 0 Å². The predicted octanol–water partition coefficient (Wildman–Crippen LogP) is 4.13. The molecule has 0 aliphatic heterocycles. The van der Waals surface area contributed by atoms with Crippen LogP contribution in [-0.2, 0) is 10.0 Å². The number of hydrogen-bond acceptors (Lipinski definition) is 2. The van der Waals surface area contributed by atoms with Crippen molar-refractivity contribution >= 4 is 38.9 Å². The van der Waals surface area contributed by atoms with Crippen LogP contribution in [0.4, 0.5) is 5.69 Å². The molecule has 0 heterocycles. The van der Waals surface area contributed by atoms with Crippen LogP contribution in [0.1, 0.15) is 5.56 Å². The Morgan fingerprint density at radius 1 is 1.00 bits per heavy atom. The van der Waals surface area contributed by atoms with Crippen LogP contribution in [0.5, 0.6) is 0 Å². The highest BCUT2D eigenvalue weighted by molar-refractivity contribution is 7.92. The zero-order chi connectivity index (χ0) is 14.9. The van der Waals surface area contributed by atoms with Crippen LogP contribution >= 0.6 is 23.2 Å². The smallest absolute Gasteiger partial charge is 0.264 e. The molecular weight excluding hydrogens is 317 g/mol. The van der Waals surface area contributed by atoms with E-state index < -0.39 is 10.0 Å². The zero-order valence-corrected chi connectivity index (χ0v) is 13.3. The van der Waals surface area contributed by atoms with E-state index in [9.17, 15) is 8.42 Å². The quantitative estimate of drug-likeness (QED) is 0.849. The van der Waals surface area contributed by atoms with Crippen LogP contribution < -0.4 is 4.31 Å². The van der Waals surface area contributed by atoms with E-state index in [1.54, 1.807) is 36.4 Å². The third kappa shape index (κ3) is 2.92. The summed E-state index contributed by atoms with van der Waals surface area (Å²) < 4.78 is 26.2. The minimum absolute atomic E-state index is 0.158. The summed E-state index contributed by atoms with van der Waals surface area (Å²) in [5.41, 5.74) is 1.37. The molecule has 2 aromatic rings. The van der Waals surface area contributed by atoms with E-state index >= 15 is 0 Å². The van der Waals surface area contributed by atoms with Gasteiger partial charge in [0.1, 0.15) is 0 Å². The van der Waals surface area contributed by atoms with Crippen molar-refractivity contribution in [2.45, 2.75) is 11.8 Å². The lowest BCUT2D eigenvalue weighted by Gasteiger charge is -2.20. The maximum atomic E-state index is 12.5. The molecule has 0 fully saturated rings. The van der Waals surface area contributed by atoms with E-state index in [-0.39, 0.29) is 4.90 Å². The highest BCUT2D eigenvalue weighted by atomic mass is 35.5. The van der Waals surface area contributed by atoms with Crippen LogP contribution in [0.2, 0.25) is 10.0 Å². The van der Waals surface area contributed by atoms with Crippen molar-refractivity contribution in [1.29, 1.82) is 0 Å². The second kappa shape index (κ2) is 5.64. The second-order valence-corrected chi connectivity index (χ2v) is 7.17. The molecule has 0 saturated heterocycles. The van der Waals surface area contributed by atoms with Gasteiger partial charge in [0, 0.05) is 17.1 Å². The van der Waals surface area contributed by atoms with Gasteiger partial charge in [0.2, 0.25) is 0 Å². The van der Waals surface area contributed by atoms with E-state index in [0.717, 1.165) is 5.56 Å². The van der Waals surface area contributed by atoms with Gasteiger partial charge < -0.3 is 0 Å². The third-order valence-corrected chi connectivity index (χ3v) is 5.43. The Labute approximate surface area is 128 Å². The predicted molar refractivity (Wildman–Crippen MR) is 83.2 cm³/mol. The first-order valence-corrected chi connectivity index (χ1v) is 8.02. The molecule has 0 amide bonds. The van der Waals surface area contributed by atoms with Gasteiger partial charge in [0.25, 0.3) is 10.0 Å². The van der Waals surface area contributed by atoms with Crippen molar-refractivity contribution in [3.8, 4) is 0 Å². The fraction of sp³-hybridized carbons (Fsp3) is 0.143. The number of sulfonamides is 1. The molecule has 0 radical (unpaired) electrons. The fourth-order valence-corrected chi connectivity index (χ4v) is 3.28. The Morgan fingerprint density at radius 2 is 1.60 bits per heavy atom. The Kier molecular flexibility index (Phi) is 4.28. The average molecular weight is 330 g/mol. The van der Waals surface area contributed by atoms with E-state index in [1.165, 1.54) is 17.4 Å². The van der Waals surface area contributed by atoms with Crippen molar-refractivity contribution in [2.75, 3.05) is 11.4 Å². The number of anilines is 1. The lowest BCUT2D eigenvalue weighted by molar-refractivity contribution is 0.594. The molecule has 0 aromatic heterocycles. The molecule has 0 aliphatic carbocycles. The summed E-state index contributed by atoms with van der Waals surface area (Å²) in [6, 6.07) is 11.3. The van der Waals surface area contributed by atoms with Gasteiger partial charge in [0.15, 0.2) is 0 Å². The molecule has 106 valence electrons. The Bertz CT molecular complexity index is 727. The maximum Gasteiger partial charge on any atom is 0.264 e. The first-order chi connectivity index (χ1) is 9.32. The highest BCUT2D eigenvalue weighted by Gasteiger charge is 2.21. The zero-order valence-electron chi connectivity index (χ0n) is 11.0. The van der Waals surface area contributed by atoms with Crippen molar-refractivity contribution < 1.29 is 8.42 Å². The van der Waals surface area contributed by atoms with E-state index in [0.29, 0.717) is 15.7 Å². The maximum absolute atomic E-state index is 12.5. The molecule has 0 bridgehead atoms. The summed E-state index contributed by atoms with van der Waals surface area (Å²) in [6.45, 7) is 1.82. The molecule has 0 spiro atoms. The first-order valence-electron chi connectivity index (χ1n) is 5.83. The summed E-state index contributed by atoms with van der Waals surface area (Å²) in [4.78, 5) is 0.158. The van der Waals surface area contributed by atoms with Crippen LogP contribution in [0.3, 0.4) is 0 Å². The number of halogens is 2. The molecule has 0 atom stereocenters. The van der Waals surface area contributed by atoms with Crippen molar-refractivity contribution in [2.24, 2.45) is 0 Å². The third-order valence-electron chi connectivity index (χ3n) is 2.99. The molecular formula is C14H13Cl2NO2S. The summed E-state index contributed by atoms with van der Waals surface area (Å²) in [6.07, 6.45) is 0. The molecule has 0 aliphatic rings. The monoisotopic (exact) mass is 329 g/mol. The van der Waals surface area contributed by atoms with Crippen LogP contribution in [0.15, 0.2) is 47.4 Å². The van der Waals surface area contributed by atoms with Crippen LogP contribution in [0, 0.1) is 6.92 Å². The number of nitrogens with zero attached hydrogens (tertiary/aromatic N) is 1. The minimum Gasteiger partial charge on any atom is -0.269 e. The summed E-state index contributed by atoms with van der Waals surface area (Å²) in [5.74, 6) is 0. The molecule has 3 nitrogen and oxygen atoms in total. The number of benzene rings is 2.